The summed E-state index contributed by atoms with van der Waals surface area (Å²) in [7, 11) is 3.81. The number of hydrogen-bond donors (Lipinski definition) is 0. The van der Waals surface area contributed by atoms with Crippen LogP contribution in [0.2, 0.25) is 0 Å². The van der Waals surface area contributed by atoms with Gasteiger partial charge in [-0.25, -0.2) is 14.4 Å². The van der Waals surface area contributed by atoms with E-state index in [-0.39, 0.29) is 17.6 Å². The molecule has 3 heterocycles. The summed E-state index contributed by atoms with van der Waals surface area (Å²) < 4.78 is 13.9. The number of likely N-dealkylation sites (tertiary alicyclic amines) is 1. The van der Waals surface area contributed by atoms with Crippen LogP contribution in [0.25, 0.3) is 11.1 Å². The molecule has 8 heteroatoms. The molecule has 2 aromatic rings. The Labute approximate surface area is 188 Å². The van der Waals surface area contributed by atoms with Gasteiger partial charge in [0.1, 0.15) is 5.82 Å². The van der Waals surface area contributed by atoms with Crippen molar-refractivity contribution in [3.8, 4) is 11.1 Å². The van der Waals surface area contributed by atoms with Gasteiger partial charge in [0.15, 0.2) is 0 Å². The second kappa shape index (κ2) is 9.63. The predicted octanol–water partition coefficient (Wildman–Crippen LogP) is 3.53. The van der Waals surface area contributed by atoms with Crippen LogP contribution in [0.4, 0.5) is 10.3 Å². The van der Waals surface area contributed by atoms with E-state index in [9.17, 15) is 9.18 Å². The van der Waals surface area contributed by atoms with E-state index in [0.717, 1.165) is 54.9 Å². The molecule has 2 aliphatic heterocycles. The van der Waals surface area contributed by atoms with Gasteiger partial charge in [0, 0.05) is 76.5 Å². The molecule has 32 heavy (non-hydrogen) atoms. The summed E-state index contributed by atoms with van der Waals surface area (Å²) in [6.45, 7) is 4.96. The van der Waals surface area contributed by atoms with E-state index in [4.69, 9.17) is 4.98 Å². The minimum Gasteiger partial charge on any atom is -0.347 e. The number of carbonyl (C=O) groups is 1. The zero-order chi connectivity index (χ0) is 22.7. The second-order valence-electron chi connectivity index (χ2n) is 8.84. The van der Waals surface area contributed by atoms with E-state index >= 15 is 0 Å². The van der Waals surface area contributed by atoms with E-state index < -0.39 is 0 Å². The molecule has 170 valence electrons. The number of aromatic nitrogens is 2. The first-order valence-corrected chi connectivity index (χ1v) is 11.3. The molecule has 1 aromatic carbocycles. The maximum absolute atomic E-state index is 13.9. The fraction of sp³-hybridized carbons (Fsp3) is 0.500. The Hall–Kier alpha value is -3.03. The molecule has 0 aliphatic carbocycles. The largest absolute Gasteiger partial charge is 0.347 e. The predicted molar refractivity (Wildman–Crippen MR) is 124 cm³/mol. The summed E-state index contributed by atoms with van der Waals surface area (Å²) in [4.78, 5) is 26.1. The van der Waals surface area contributed by atoms with Crippen LogP contribution in [-0.2, 0) is 4.79 Å². The maximum atomic E-state index is 13.9. The van der Waals surface area contributed by atoms with Crippen molar-refractivity contribution in [3.05, 3.63) is 42.0 Å². The zero-order valence-corrected chi connectivity index (χ0v) is 19.1. The monoisotopic (exact) mass is 438 g/mol. The minimum atomic E-state index is -0.287. The molecule has 1 amide bonds. The highest BCUT2D eigenvalue weighted by atomic mass is 19.1. The van der Waals surface area contributed by atoms with E-state index in [1.54, 1.807) is 12.3 Å². The number of piperidine rings is 1. The summed E-state index contributed by atoms with van der Waals surface area (Å²) in [6, 6.07) is 6.53. The molecule has 0 radical (unpaired) electrons. The van der Waals surface area contributed by atoms with Crippen LogP contribution < -0.4 is 4.90 Å². The van der Waals surface area contributed by atoms with Crippen molar-refractivity contribution in [1.29, 1.82) is 0 Å². The third-order valence-electron chi connectivity index (χ3n) is 6.13. The number of hydrogen-bond acceptors (Lipinski definition) is 6. The Morgan fingerprint density at radius 3 is 2.84 bits per heavy atom. The lowest BCUT2D eigenvalue weighted by Gasteiger charge is -2.34. The highest BCUT2D eigenvalue weighted by Gasteiger charge is 2.28. The van der Waals surface area contributed by atoms with Gasteiger partial charge < -0.3 is 9.80 Å². The molecule has 7 nitrogen and oxygen atoms in total. The Morgan fingerprint density at radius 1 is 1.28 bits per heavy atom. The van der Waals surface area contributed by atoms with Gasteiger partial charge in [-0.1, -0.05) is 12.1 Å². The SMILES string of the molecule is CC1=NN(CCC(=O)N2CCC[C@H](c3nc(N(C)C)ncc3-c3cccc(F)c3)C2)CC1. The number of rotatable bonds is 6. The summed E-state index contributed by atoms with van der Waals surface area (Å²) in [5.74, 6) is 0.569. The first-order chi connectivity index (χ1) is 15.4. The van der Waals surface area contributed by atoms with Crippen LogP contribution in [0.1, 0.15) is 44.2 Å². The van der Waals surface area contributed by atoms with Crippen molar-refractivity contribution in [2.24, 2.45) is 5.10 Å². The van der Waals surface area contributed by atoms with Crippen molar-refractivity contribution in [1.82, 2.24) is 19.9 Å². The van der Waals surface area contributed by atoms with Crippen LogP contribution in [0.3, 0.4) is 0 Å². The van der Waals surface area contributed by atoms with Crippen LogP contribution >= 0.6 is 0 Å². The van der Waals surface area contributed by atoms with E-state index in [1.807, 2.05) is 41.9 Å². The van der Waals surface area contributed by atoms with Crippen LogP contribution in [0, 0.1) is 5.82 Å². The molecular formula is C24H31FN6O. The lowest BCUT2D eigenvalue weighted by Crippen LogP contribution is -2.40. The Morgan fingerprint density at radius 2 is 2.12 bits per heavy atom. The smallest absolute Gasteiger partial charge is 0.225 e. The minimum absolute atomic E-state index is 0.0831. The van der Waals surface area contributed by atoms with Crippen molar-refractivity contribution in [2.45, 2.75) is 38.5 Å². The second-order valence-corrected chi connectivity index (χ2v) is 8.84. The average molecular weight is 439 g/mol. The molecule has 0 spiro atoms. The normalized spacial score (nSPS) is 18.6. The topological polar surface area (TPSA) is 64.9 Å². The number of hydrazone groups is 1. The number of halogens is 1. The van der Waals surface area contributed by atoms with Gasteiger partial charge >= 0.3 is 0 Å². The molecule has 0 bridgehead atoms. The van der Waals surface area contributed by atoms with Crippen molar-refractivity contribution >= 4 is 17.6 Å². The number of nitrogens with zero attached hydrogens (tertiary/aromatic N) is 6. The molecular weight excluding hydrogens is 407 g/mol. The van der Waals surface area contributed by atoms with E-state index in [1.165, 1.54) is 12.1 Å². The summed E-state index contributed by atoms with van der Waals surface area (Å²) in [5, 5.41) is 6.46. The van der Waals surface area contributed by atoms with Gasteiger partial charge in [0.25, 0.3) is 0 Å². The molecule has 0 saturated carbocycles. The first kappa shape index (κ1) is 22.2. The fourth-order valence-electron chi connectivity index (χ4n) is 4.39. The highest BCUT2D eigenvalue weighted by Crippen LogP contribution is 2.34. The molecule has 1 aromatic heterocycles. The lowest BCUT2D eigenvalue weighted by atomic mass is 9.89. The summed E-state index contributed by atoms with van der Waals surface area (Å²) >= 11 is 0. The molecule has 1 saturated heterocycles. The number of carbonyl (C=O) groups excluding carboxylic acids is 1. The van der Waals surface area contributed by atoms with Gasteiger partial charge in [-0.15, -0.1) is 0 Å². The van der Waals surface area contributed by atoms with Crippen molar-refractivity contribution in [2.75, 3.05) is 45.2 Å². The third kappa shape index (κ3) is 5.06. The summed E-state index contributed by atoms with van der Waals surface area (Å²) in [5.41, 5.74) is 3.60. The lowest BCUT2D eigenvalue weighted by molar-refractivity contribution is -0.132. The van der Waals surface area contributed by atoms with Gasteiger partial charge in [-0.05, 0) is 37.5 Å². The van der Waals surface area contributed by atoms with E-state index in [2.05, 4.69) is 10.1 Å². The Balaban J connectivity index is 1.54. The standard InChI is InChI=1S/C24H31FN6O/c1-17-9-12-31(28-17)13-10-22(32)30-11-5-7-19(16-30)23-21(15-26-24(27-23)29(2)3)18-6-4-8-20(25)14-18/h4,6,8,14-15,19H,5,7,9-13,16H2,1-3H3/t19-/m0/s1. The van der Waals surface area contributed by atoms with Gasteiger partial charge in [-0.3, -0.25) is 9.80 Å². The Bertz CT molecular complexity index is 1010. The first-order valence-electron chi connectivity index (χ1n) is 11.3. The van der Waals surface area contributed by atoms with Crippen LogP contribution in [0.15, 0.2) is 35.6 Å². The third-order valence-corrected chi connectivity index (χ3v) is 6.13. The van der Waals surface area contributed by atoms with Crippen LogP contribution in [-0.4, -0.2) is 71.8 Å². The number of anilines is 1. The van der Waals surface area contributed by atoms with Gasteiger partial charge in [0.05, 0.1) is 5.69 Å². The Kier molecular flexibility index (Phi) is 6.67. The number of benzene rings is 1. The quantitative estimate of drug-likeness (QED) is 0.690. The van der Waals surface area contributed by atoms with Crippen LogP contribution in [0.5, 0.6) is 0 Å². The maximum Gasteiger partial charge on any atom is 0.225 e. The molecule has 1 fully saturated rings. The number of amides is 1. The van der Waals surface area contributed by atoms with Gasteiger partial charge in [0.2, 0.25) is 11.9 Å². The summed E-state index contributed by atoms with van der Waals surface area (Å²) in [6.07, 6.45) is 5.07. The van der Waals surface area contributed by atoms with Gasteiger partial charge in [-0.2, -0.15) is 5.10 Å². The molecule has 4 rings (SSSR count). The molecule has 1 atom stereocenters. The van der Waals surface area contributed by atoms with E-state index in [0.29, 0.717) is 25.5 Å². The highest BCUT2D eigenvalue weighted by molar-refractivity contribution is 5.83. The van der Waals surface area contributed by atoms with Crippen molar-refractivity contribution < 1.29 is 9.18 Å². The molecule has 0 unspecified atom stereocenters. The molecule has 0 N–H and O–H groups in total. The molecule has 2 aliphatic rings. The fourth-order valence-corrected chi connectivity index (χ4v) is 4.39. The average Bonchev–Trinajstić information content (AvgIpc) is 3.22. The zero-order valence-electron chi connectivity index (χ0n) is 19.1. The van der Waals surface area contributed by atoms with Crippen molar-refractivity contribution in [3.63, 3.8) is 0 Å².